The van der Waals surface area contributed by atoms with E-state index in [-0.39, 0.29) is 54.0 Å². The van der Waals surface area contributed by atoms with Gasteiger partial charge in [0.2, 0.25) is 0 Å². The van der Waals surface area contributed by atoms with Crippen LogP contribution in [0, 0.1) is 0 Å². The van der Waals surface area contributed by atoms with Crippen molar-refractivity contribution in [3.05, 3.63) is 12.2 Å². The van der Waals surface area contributed by atoms with Crippen molar-refractivity contribution in [1.82, 2.24) is 0 Å². The summed E-state index contributed by atoms with van der Waals surface area (Å²) in [6.07, 6.45) is 38.1. The molecule has 0 N–H and O–H groups in total. The molecule has 0 atom stereocenters. The summed E-state index contributed by atoms with van der Waals surface area (Å²) < 4.78 is 39.9. The number of unbranched alkanes of at least 4 members (excludes halogenated alkanes) is 21. The molecule has 0 aromatic heterocycles. The fraction of sp³-hybridized carbons (Fsp3) is 0.933. The summed E-state index contributed by atoms with van der Waals surface area (Å²) in [5.41, 5.74) is 0. The number of rotatable bonds is 27. The third kappa shape index (κ3) is 57.3. The molecule has 0 amide bonds. The fourth-order valence-corrected chi connectivity index (χ4v) is 4.25. The quantitative estimate of drug-likeness (QED) is 0.0371. The topological polar surface area (TPSA) is 89.5 Å². The van der Waals surface area contributed by atoms with Gasteiger partial charge in [-0.1, -0.05) is 142 Å². The van der Waals surface area contributed by atoms with Gasteiger partial charge in [-0.25, -0.2) is 0 Å². The molecule has 0 aromatic rings. The molecule has 0 aliphatic rings. The Morgan fingerprint density at radius 2 is 0.763 bits per heavy atom. The zero-order valence-electron chi connectivity index (χ0n) is 26.7. The molecule has 220 valence electrons. The SMILES string of the molecule is CCCCCCCC/C=C\CCCCCCCCOCCCCCCCCCCCC.O=S(=O)([O-])[O-].[H-].[Mg+2].[Na+]. The second-order valence-electron chi connectivity index (χ2n) is 10.1. The van der Waals surface area contributed by atoms with Crippen LogP contribution in [-0.4, -0.2) is 53.8 Å². The van der Waals surface area contributed by atoms with Crippen LogP contribution in [0.5, 0.6) is 0 Å². The summed E-state index contributed by atoms with van der Waals surface area (Å²) in [5, 5.41) is 0. The molecule has 5 nitrogen and oxygen atoms in total. The summed E-state index contributed by atoms with van der Waals surface area (Å²) in [4.78, 5) is 0. The van der Waals surface area contributed by atoms with Crippen LogP contribution in [0.1, 0.15) is 169 Å². The van der Waals surface area contributed by atoms with E-state index in [0.717, 1.165) is 13.2 Å². The molecule has 0 aliphatic heterocycles. The Hall–Kier alpha value is 1.34. The van der Waals surface area contributed by atoms with Crippen molar-refractivity contribution in [3.8, 4) is 0 Å². The number of hydrogen-bond acceptors (Lipinski definition) is 5. The van der Waals surface area contributed by atoms with Gasteiger partial charge in [-0.2, -0.15) is 0 Å². The van der Waals surface area contributed by atoms with E-state index >= 15 is 0 Å². The number of allylic oxidation sites excluding steroid dienone is 2. The minimum Gasteiger partial charge on any atom is -1.00 e. The van der Waals surface area contributed by atoms with E-state index in [2.05, 4.69) is 26.0 Å². The summed E-state index contributed by atoms with van der Waals surface area (Å²) >= 11 is 0. The van der Waals surface area contributed by atoms with E-state index in [1.165, 1.54) is 154 Å². The zero-order valence-corrected chi connectivity index (χ0v) is 29.9. The molecular formula is C30H61MgNaO5S. The predicted octanol–water partition coefficient (Wildman–Crippen LogP) is 6.36. The third-order valence-corrected chi connectivity index (χ3v) is 6.44. The van der Waals surface area contributed by atoms with Gasteiger partial charge in [0.25, 0.3) is 0 Å². The molecule has 0 aromatic carbocycles. The Labute approximate surface area is 278 Å². The molecule has 0 rings (SSSR count). The van der Waals surface area contributed by atoms with Gasteiger partial charge in [-0.05, 0) is 38.5 Å². The van der Waals surface area contributed by atoms with E-state index in [0.29, 0.717) is 0 Å². The maximum Gasteiger partial charge on any atom is 2.00 e. The van der Waals surface area contributed by atoms with Crippen LogP contribution in [0.2, 0.25) is 0 Å². The molecule has 0 unspecified atom stereocenters. The first kappa shape index (κ1) is 46.3. The minimum atomic E-state index is -5.17. The van der Waals surface area contributed by atoms with Crippen molar-refractivity contribution in [2.75, 3.05) is 13.2 Å². The minimum absolute atomic E-state index is 0. The molecule has 0 saturated carbocycles. The summed E-state index contributed by atoms with van der Waals surface area (Å²) in [6.45, 7) is 6.55. The van der Waals surface area contributed by atoms with Crippen molar-refractivity contribution in [2.45, 2.75) is 168 Å². The molecule has 0 radical (unpaired) electrons. The maximum atomic E-state index is 8.52. The molecule has 0 bridgehead atoms. The molecule has 0 spiro atoms. The van der Waals surface area contributed by atoms with Crippen molar-refractivity contribution in [3.63, 3.8) is 0 Å². The Kier molecular flexibility index (Phi) is 49.3. The Morgan fingerprint density at radius 1 is 0.526 bits per heavy atom. The summed E-state index contributed by atoms with van der Waals surface area (Å²) in [7, 11) is -5.17. The monoisotopic (exact) mass is 580 g/mol. The van der Waals surface area contributed by atoms with Gasteiger partial charge in [-0.3, -0.25) is 8.42 Å². The summed E-state index contributed by atoms with van der Waals surface area (Å²) in [5.74, 6) is 0. The van der Waals surface area contributed by atoms with E-state index in [1.54, 1.807) is 0 Å². The molecule has 38 heavy (non-hydrogen) atoms. The van der Waals surface area contributed by atoms with Crippen LogP contribution in [0.3, 0.4) is 0 Å². The van der Waals surface area contributed by atoms with Gasteiger partial charge in [0, 0.05) is 23.6 Å². The Bertz CT molecular complexity index is 531. The van der Waals surface area contributed by atoms with Gasteiger partial charge >= 0.3 is 52.6 Å². The zero-order chi connectivity index (χ0) is 27.0. The Morgan fingerprint density at radius 3 is 1.05 bits per heavy atom. The van der Waals surface area contributed by atoms with Gasteiger partial charge in [0.05, 0.1) is 0 Å². The third-order valence-electron chi connectivity index (χ3n) is 6.44. The van der Waals surface area contributed by atoms with Crippen LogP contribution in [0.4, 0.5) is 0 Å². The number of hydrogen-bond donors (Lipinski definition) is 0. The predicted molar refractivity (Wildman–Crippen MR) is 159 cm³/mol. The number of ether oxygens (including phenoxy) is 1. The van der Waals surface area contributed by atoms with Crippen LogP contribution in [-0.2, 0) is 15.1 Å². The van der Waals surface area contributed by atoms with Gasteiger partial charge in [0.15, 0.2) is 0 Å². The average molecular weight is 581 g/mol. The Balaban J connectivity index is -0.000000438. The van der Waals surface area contributed by atoms with Gasteiger partial charge in [0.1, 0.15) is 0 Å². The van der Waals surface area contributed by atoms with Crippen LogP contribution < -0.4 is 29.6 Å². The molecule has 0 saturated heterocycles. The van der Waals surface area contributed by atoms with E-state index < -0.39 is 10.4 Å². The first-order valence-electron chi connectivity index (χ1n) is 15.3. The first-order valence-corrected chi connectivity index (χ1v) is 16.6. The van der Waals surface area contributed by atoms with Crippen LogP contribution in [0.15, 0.2) is 12.2 Å². The van der Waals surface area contributed by atoms with Crippen LogP contribution >= 0.6 is 0 Å². The first-order chi connectivity index (χ1) is 17.4. The van der Waals surface area contributed by atoms with E-state index in [1.807, 2.05) is 0 Å². The average Bonchev–Trinajstić information content (AvgIpc) is 2.82. The maximum absolute atomic E-state index is 8.52. The summed E-state index contributed by atoms with van der Waals surface area (Å²) in [6, 6.07) is 0. The molecule has 8 heteroatoms. The largest absolute Gasteiger partial charge is 2.00 e. The van der Waals surface area contributed by atoms with Crippen molar-refractivity contribution in [1.29, 1.82) is 0 Å². The molecule has 0 aliphatic carbocycles. The van der Waals surface area contributed by atoms with Crippen LogP contribution in [0.25, 0.3) is 0 Å². The van der Waals surface area contributed by atoms with E-state index in [4.69, 9.17) is 22.3 Å². The molecular weight excluding hydrogens is 520 g/mol. The molecule has 0 heterocycles. The second kappa shape index (κ2) is 40.5. The van der Waals surface area contributed by atoms with Gasteiger partial charge < -0.3 is 15.3 Å². The fourth-order valence-electron chi connectivity index (χ4n) is 4.25. The van der Waals surface area contributed by atoms with Crippen molar-refractivity contribution >= 4 is 33.5 Å². The van der Waals surface area contributed by atoms with Gasteiger partial charge in [-0.15, -0.1) is 0 Å². The standard InChI is InChI=1S/C30H60O.Mg.Na.H2O4S.H/c1-3-5-7-9-11-13-15-16-17-18-19-20-22-24-26-28-30-31-29-27-25-23-21-14-12-10-8-6-4-2;;;1-5(2,3)4;/h16-17H,3-15,18-30H2,1-2H3;;;(H2,1,2,3,4);/q;+2;+1;;-1/p-2/b17-16-;;;;. The normalized spacial score (nSPS) is 11.1. The van der Waals surface area contributed by atoms with Crippen molar-refractivity contribution < 1.29 is 53.2 Å². The van der Waals surface area contributed by atoms with E-state index in [9.17, 15) is 0 Å². The smallest absolute Gasteiger partial charge is 1.00 e. The van der Waals surface area contributed by atoms with Crippen molar-refractivity contribution in [2.24, 2.45) is 0 Å². The molecule has 0 fully saturated rings. The second-order valence-corrected chi connectivity index (χ2v) is 11.0.